The Labute approximate surface area is 282 Å². The van der Waals surface area contributed by atoms with Crippen molar-refractivity contribution in [1.29, 1.82) is 0 Å². The van der Waals surface area contributed by atoms with Crippen LogP contribution < -0.4 is 10.1 Å². The van der Waals surface area contributed by atoms with Gasteiger partial charge in [-0.3, -0.25) is 14.6 Å². The maximum atomic E-state index is 13.3. The summed E-state index contributed by atoms with van der Waals surface area (Å²) in [6.07, 6.45) is 1.61. The quantitative estimate of drug-likeness (QED) is 0.284. The molecule has 4 saturated heterocycles. The zero-order valence-corrected chi connectivity index (χ0v) is 28.1. The van der Waals surface area contributed by atoms with Crippen LogP contribution in [0.4, 0.5) is 4.79 Å². The van der Waals surface area contributed by atoms with Gasteiger partial charge in [0, 0.05) is 32.7 Å². The minimum absolute atomic E-state index is 0.0898. The molecule has 2 bridgehead atoms. The molecule has 0 unspecified atom stereocenters. The van der Waals surface area contributed by atoms with Crippen molar-refractivity contribution in [2.24, 2.45) is 5.92 Å². The molecular formula is C36H44N4O7S. The number of nitrogens with one attached hydrogen (secondary N) is 1. The number of carbonyl (C=O) groups is 2. The third-order valence-corrected chi connectivity index (χ3v) is 11.3. The van der Waals surface area contributed by atoms with E-state index in [2.05, 4.69) is 10.2 Å². The summed E-state index contributed by atoms with van der Waals surface area (Å²) in [5.74, 6) is 0.741. The fourth-order valence-electron chi connectivity index (χ4n) is 6.71. The molecule has 1 amide bonds. The van der Waals surface area contributed by atoms with E-state index in [0.29, 0.717) is 44.5 Å². The molecule has 0 saturated carbocycles. The number of amides is 1. The molecule has 0 aliphatic carbocycles. The largest absolute Gasteiger partial charge is 0.489 e. The van der Waals surface area contributed by atoms with Crippen LogP contribution in [0.3, 0.4) is 0 Å². The molecule has 7 rings (SSSR count). The monoisotopic (exact) mass is 676 g/mol. The summed E-state index contributed by atoms with van der Waals surface area (Å²) in [4.78, 5) is 29.4. The highest BCUT2D eigenvalue weighted by molar-refractivity contribution is 7.89. The van der Waals surface area contributed by atoms with Crippen LogP contribution in [-0.2, 0) is 30.9 Å². The van der Waals surface area contributed by atoms with E-state index in [0.717, 1.165) is 49.2 Å². The SMILES string of the molecule is CCOC(=O)CN1CCN(S(=O)(=O)c2ccc(COc3cccc([C@@H](NC(=O)O[C@H]4CN5CCC4CC5)c4ccccc4)c3)cc2)CC1. The number of benzene rings is 3. The zero-order valence-electron chi connectivity index (χ0n) is 27.3. The number of rotatable bonds is 12. The first-order valence-electron chi connectivity index (χ1n) is 16.7. The molecule has 4 aliphatic heterocycles. The first-order chi connectivity index (χ1) is 23.3. The summed E-state index contributed by atoms with van der Waals surface area (Å²) < 4.78 is 45.1. The van der Waals surface area contributed by atoms with Crippen molar-refractivity contribution in [3.8, 4) is 5.75 Å². The van der Waals surface area contributed by atoms with E-state index < -0.39 is 22.2 Å². The Morgan fingerprint density at radius 3 is 2.25 bits per heavy atom. The molecule has 2 atom stereocenters. The number of hydrogen-bond acceptors (Lipinski definition) is 9. The second-order valence-electron chi connectivity index (χ2n) is 12.6. The number of piperazine rings is 1. The van der Waals surface area contributed by atoms with Gasteiger partial charge < -0.3 is 19.5 Å². The van der Waals surface area contributed by atoms with Crippen LogP contribution in [-0.4, -0.2) is 99.7 Å². The van der Waals surface area contributed by atoms with Crippen LogP contribution in [0.15, 0.2) is 83.8 Å². The Morgan fingerprint density at radius 2 is 1.58 bits per heavy atom. The second-order valence-corrected chi connectivity index (χ2v) is 14.5. The molecule has 0 aromatic heterocycles. The minimum Gasteiger partial charge on any atom is -0.489 e. The first-order valence-corrected chi connectivity index (χ1v) is 18.2. The number of hydrogen-bond donors (Lipinski definition) is 1. The van der Waals surface area contributed by atoms with Gasteiger partial charge in [0.05, 0.1) is 24.1 Å². The highest BCUT2D eigenvalue weighted by Crippen LogP contribution is 2.31. The van der Waals surface area contributed by atoms with Gasteiger partial charge in [-0.05, 0) is 79.7 Å². The van der Waals surface area contributed by atoms with Gasteiger partial charge in [0.2, 0.25) is 10.0 Å². The molecule has 1 N–H and O–H groups in total. The van der Waals surface area contributed by atoms with Gasteiger partial charge in [0.1, 0.15) is 18.5 Å². The van der Waals surface area contributed by atoms with Crippen molar-refractivity contribution in [2.45, 2.75) is 43.4 Å². The maximum absolute atomic E-state index is 13.3. The van der Waals surface area contributed by atoms with E-state index in [9.17, 15) is 18.0 Å². The third kappa shape index (κ3) is 8.35. The summed E-state index contributed by atoms with van der Waals surface area (Å²) >= 11 is 0. The summed E-state index contributed by atoms with van der Waals surface area (Å²) in [6.45, 7) is 6.97. The summed E-state index contributed by atoms with van der Waals surface area (Å²) in [6, 6.07) is 23.7. The minimum atomic E-state index is -3.67. The van der Waals surface area contributed by atoms with Crippen molar-refractivity contribution in [3.63, 3.8) is 0 Å². The van der Waals surface area contributed by atoms with Crippen molar-refractivity contribution in [2.75, 3.05) is 59.0 Å². The van der Waals surface area contributed by atoms with Gasteiger partial charge >= 0.3 is 12.1 Å². The molecule has 256 valence electrons. The van der Waals surface area contributed by atoms with Crippen LogP contribution in [0, 0.1) is 5.92 Å². The van der Waals surface area contributed by atoms with Crippen LogP contribution >= 0.6 is 0 Å². The van der Waals surface area contributed by atoms with Crippen molar-refractivity contribution >= 4 is 22.1 Å². The van der Waals surface area contributed by atoms with Gasteiger partial charge in [0.25, 0.3) is 0 Å². The summed E-state index contributed by atoms with van der Waals surface area (Å²) in [5, 5.41) is 3.10. The van der Waals surface area contributed by atoms with Crippen LogP contribution in [0.2, 0.25) is 0 Å². The van der Waals surface area contributed by atoms with Crippen molar-refractivity contribution in [3.05, 3.63) is 95.6 Å². The number of piperidine rings is 3. The normalized spacial score (nSPS) is 22.1. The van der Waals surface area contributed by atoms with Crippen LogP contribution in [0.1, 0.15) is 42.5 Å². The Morgan fingerprint density at radius 1 is 0.875 bits per heavy atom. The highest BCUT2D eigenvalue weighted by atomic mass is 32.2. The molecule has 0 radical (unpaired) electrons. The lowest BCUT2D eigenvalue weighted by Gasteiger charge is -2.43. The van der Waals surface area contributed by atoms with Gasteiger partial charge in [-0.1, -0.05) is 54.6 Å². The highest BCUT2D eigenvalue weighted by Gasteiger charge is 2.37. The van der Waals surface area contributed by atoms with E-state index in [-0.39, 0.29) is 30.1 Å². The van der Waals surface area contributed by atoms with Gasteiger partial charge in [-0.2, -0.15) is 4.31 Å². The predicted octanol–water partition coefficient (Wildman–Crippen LogP) is 4.04. The molecular weight excluding hydrogens is 632 g/mol. The van der Waals surface area contributed by atoms with E-state index in [1.165, 1.54) is 4.31 Å². The Balaban J connectivity index is 1.06. The lowest BCUT2D eigenvalue weighted by atomic mass is 9.86. The zero-order chi connectivity index (χ0) is 33.5. The molecule has 48 heavy (non-hydrogen) atoms. The Hall–Kier alpha value is -3.97. The fraction of sp³-hybridized carbons (Fsp3) is 0.444. The molecule has 4 aliphatic rings. The number of fused-ring (bicyclic) bond motifs is 3. The lowest BCUT2D eigenvalue weighted by molar-refractivity contribution is -0.144. The standard InChI is InChI=1S/C36H44N4O7S/c1-2-45-34(41)25-39-19-21-40(22-20-39)48(43,44)32-13-11-27(12-14-32)26-46-31-10-6-9-30(23-31)35(29-7-4-3-5-8-29)37-36(42)47-33-24-38-17-15-28(33)16-18-38/h3-14,23,28,33,35H,2,15-22,24-26H2,1H3,(H,37,42)/t33-,35-/m0/s1. The number of esters is 1. The summed E-state index contributed by atoms with van der Waals surface area (Å²) in [7, 11) is -3.67. The number of nitrogens with zero attached hydrogens (tertiary/aromatic N) is 3. The predicted molar refractivity (Wildman–Crippen MR) is 180 cm³/mol. The number of alkyl carbamates (subject to hydrolysis) is 1. The van der Waals surface area contributed by atoms with Gasteiger partial charge in [0.15, 0.2) is 0 Å². The first kappa shape index (κ1) is 33.9. The van der Waals surface area contributed by atoms with E-state index in [4.69, 9.17) is 14.2 Å². The molecule has 12 heteroatoms. The van der Waals surface area contributed by atoms with E-state index in [1.54, 1.807) is 31.2 Å². The molecule has 3 aromatic carbocycles. The van der Waals surface area contributed by atoms with Gasteiger partial charge in [-0.25, -0.2) is 13.2 Å². The smallest absolute Gasteiger partial charge is 0.408 e. The average molecular weight is 677 g/mol. The number of ether oxygens (including phenoxy) is 3. The number of carbonyl (C=O) groups excluding carboxylic acids is 2. The van der Waals surface area contributed by atoms with Crippen molar-refractivity contribution in [1.82, 2.24) is 19.4 Å². The molecule has 0 spiro atoms. The van der Waals surface area contributed by atoms with Crippen LogP contribution in [0.25, 0.3) is 0 Å². The molecule has 3 aromatic rings. The van der Waals surface area contributed by atoms with Crippen LogP contribution in [0.5, 0.6) is 5.75 Å². The lowest BCUT2D eigenvalue weighted by Crippen LogP contribution is -2.52. The molecule has 4 fully saturated rings. The maximum Gasteiger partial charge on any atom is 0.408 e. The second kappa shape index (κ2) is 15.5. The molecule has 4 heterocycles. The Kier molecular flexibility index (Phi) is 11.0. The molecule has 11 nitrogen and oxygen atoms in total. The third-order valence-electron chi connectivity index (χ3n) is 9.40. The van der Waals surface area contributed by atoms with E-state index in [1.807, 2.05) is 59.5 Å². The Bertz CT molecular complexity index is 1640. The number of sulfonamides is 1. The topological polar surface area (TPSA) is 118 Å². The van der Waals surface area contributed by atoms with Gasteiger partial charge in [-0.15, -0.1) is 0 Å². The van der Waals surface area contributed by atoms with E-state index >= 15 is 0 Å². The fourth-order valence-corrected chi connectivity index (χ4v) is 8.13. The average Bonchev–Trinajstić information content (AvgIpc) is 3.11. The summed E-state index contributed by atoms with van der Waals surface area (Å²) in [5.41, 5.74) is 2.60. The van der Waals surface area contributed by atoms with Crippen molar-refractivity contribution < 1.29 is 32.2 Å².